The second-order valence-electron chi connectivity index (χ2n) is 7.48. The van der Waals surface area contributed by atoms with Crippen LogP contribution in [0.15, 0.2) is 66.8 Å². The van der Waals surface area contributed by atoms with E-state index in [2.05, 4.69) is 84.4 Å². The molecule has 1 aromatic rings. The van der Waals surface area contributed by atoms with E-state index in [4.69, 9.17) is 0 Å². The summed E-state index contributed by atoms with van der Waals surface area (Å²) in [5.41, 5.74) is 6.91. The van der Waals surface area contributed by atoms with E-state index in [9.17, 15) is 0 Å². The van der Waals surface area contributed by atoms with Crippen LogP contribution in [0.5, 0.6) is 0 Å². The summed E-state index contributed by atoms with van der Waals surface area (Å²) in [5.74, 6) is 6.39. The van der Waals surface area contributed by atoms with Gasteiger partial charge < -0.3 is 0 Å². The third-order valence-electron chi connectivity index (χ3n) is 3.51. The highest BCUT2D eigenvalue weighted by Gasteiger charge is 2.03. The van der Waals surface area contributed by atoms with Gasteiger partial charge in [-0.05, 0) is 71.2 Å². The molecule has 0 saturated carbocycles. The van der Waals surface area contributed by atoms with Crippen LogP contribution in [0.25, 0.3) is 5.57 Å². The van der Waals surface area contributed by atoms with E-state index in [0.717, 1.165) is 23.1 Å². The molecule has 0 aliphatic heterocycles. The largest absolute Gasteiger partial charge is 0.0958 e. The molecule has 1 rings (SSSR count). The van der Waals surface area contributed by atoms with Crippen LogP contribution in [0.2, 0.25) is 0 Å². The van der Waals surface area contributed by atoms with Crippen molar-refractivity contribution in [3.63, 3.8) is 0 Å². The lowest BCUT2D eigenvalue weighted by molar-refractivity contribution is 0.571. The van der Waals surface area contributed by atoms with Crippen LogP contribution < -0.4 is 0 Å². The summed E-state index contributed by atoms with van der Waals surface area (Å²) in [6.07, 6.45) is 3.10. The fourth-order valence-electron chi connectivity index (χ4n) is 1.63. The molecule has 0 heterocycles. The fourth-order valence-corrected chi connectivity index (χ4v) is 1.63. The molecule has 0 amide bonds. The Morgan fingerprint density at radius 2 is 1.50 bits per heavy atom. The van der Waals surface area contributed by atoms with Gasteiger partial charge in [-0.15, -0.1) is 0 Å². The van der Waals surface area contributed by atoms with Gasteiger partial charge in [-0.25, -0.2) is 0 Å². The summed E-state index contributed by atoms with van der Waals surface area (Å²) in [4.78, 5) is 0. The molecule has 1 aromatic carbocycles. The highest BCUT2D eigenvalue weighted by molar-refractivity contribution is 5.62. The zero-order valence-electron chi connectivity index (χ0n) is 17.2. The lowest BCUT2D eigenvalue weighted by Crippen LogP contribution is -1.99. The first-order chi connectivity index (χ1) is 11.5. The molecule has 0 saturated heterocycles. The zero-order valence-corrected chi connectivity index (χ0v) is 17.2. The van der Waals surface area contributed by atoms with E-state index < -0.39 is 0 Å². The van der Waals surface area contributed by atoms with Crippen molar-refractivity contribution in [2.24, 2.45) is 5.41 Å². The predicted octanol–water partition coefficient (Wildman–Crippen LogP) is 8.23. The Kier molecular flexibility index (Phi) is 12.1. The lowest BCUT2D eigenvalue weighted by Gasteiger charge is -2.06. The summed E-state index contributed by atoms with van der Waals surface area (Å²) in [5, 5.41) is 0. The normalized spacial score (nSPS) is 10.3. The fraction of sp³-hybridized carbons (Fsp3) is 0.385. The molecule has 0 radical (unpaired) electrons. The Bertz CT molecular complexity index is 689. The van der Waals surface area contributed by atoms with Gasteiger partial charge in [0.15, 0.2) is 0 Å². The Labute approximate surface area is 163 Å². The van der Waals surface area contributed by atoms with Crippen LogP contribution >= 0.6 is 0 Å². The first-order valence-corrected chi connectivity index (χ1v) is 8.77. The summed E-state index contributed by atoms with van der Waals surface area (Å²) in [6.45, 7) is 26.1. The Balaban J connectivity index is 0. The van der Waals surface area contributed by atoms with Gasteiger partial charge in [0, 0.05) is 11.0 Å². The molecule has 0 N–H and O–H groups in total. The van der Waals surface area contributed by atoms with E-state index in [0.29, 0.717) is 0 Å². The van der Waals surface area contributed by atoms with E-state index in [-0.39, 0.29) is 12.8 Å². The topological polar surface area (TPSA) is 0 Å². The monoisotopic (exact) mass is 350 g/mol. The second kappa shape index (κ2) is 12.2. The molecule has 0 unspecified atom stereocenters. The lowest BCUT2D eigenvalue weighted by atomic mass is 9.97. The number of rotatable bonds is 4. The smallest absolute Gasteiger partial charge is 0.0245 e. The molecular formula is C26H38. The van der Waals surface area contributed by atoms with Crippen molar-refractivity contribution in [1.82, 2.24) is 0 Å². The number of allylic oxidation sites excluding steroid dienone is 5. The third kappa shape index (κ3) is 12.2. The molecule has 0 aliphatic rings. The maximum absolute atomic E-state index is 3.90. The van der Waals surface area contributed by atoms with Crippen molar-refractivity contribution in [2.75, 3.05) is 0 Å². The highest BCUT2D eigenvalue weighted by Crippen LogP contribution is 2.14. The first-order valence-electron chi connectivity index (χ1n) is 8.77. The predicted molar refractivity (Wildman–Crippen MR) is 122 cm³/mol. The maximum Gasteiger partial charge on any atom is 0.0245 e. The van der Waals surface area contributed by atoms with Gasteiger partial charge in [-0.3, -0.25) is 0 Å². The minimum absolute atomic E-state index is 0. The molecule has 0 heteroatoms. The molecule has 0 atom stereocenters. The summed E-state index contributed by atoms with van der Waals surface area (Å²) >= 11 is 0. The number of hydrogen-bond donors (Lipinski definition) is 0. The summed E-state index contributed by atoms with van der Waals surface area (Å²) < 4.78 is 0. The van der Waals surface area contributed by atoms with E-state index in [1.165, 1.54) is 16.7 Å². The molecule has 0 fully saturated rings. The number of benzene rings is 1. The molecule has 0 bridgehead atoms. The SMILES string of the molecule is C.C=C(/C=C(/C)C(=C)C)CC.C=C(C)c1ccc(C#CC(C)(C)C)cc1. The molecule has 0 nitrogen and oxygen atoms in total. The van der Waals surface area contributed by atoms with Crippen molar-refractivity contribution in [3.8, 4) is 11.8 Å². The van der Waals surface area contributed by atoms with E-state index in [1.807, 2.05) is 26.0 Å². The van der Waals surface area contributed by atoms with Crippen LogP contribution in [0, 0.1) is 17.3 Å². The third-order valence-corrected chi connectivity index (χ3v) is 3.51. The van der Waals surface area contributed by atoms with Gasteiger partial charge in [0.05, 0.1) is 0 Å². The first kappa shape index (κ1) is 26.0. The minimum atomic E-state index is 0. The summed E-state index contributed by atoms with van der Waals surface area (Å²) in [7, 11) is 0. The van der Waals surface area contributed by atoms with Crippen molar-refractivity contribution in [3.05, 3.63) is 77.9 Å². The van der Waals surface area contributed by atoms with Crippen molar-refractivity contribution < 1.29 is 0 Å². The van der Waals surface area contributed by atoms with Crippen LogP contribution in [-0.4, -0.2) is 0 Å². The molecule has 26 heavy (non-hydrogen) atoms. The average Bonchev–Trinajstić information content (AvgIpc) is 2.53. The molecule has 0 aliphatic carbocycles. The van der Waals surface area contributed by atoms with E-state index in [1.54, 1.807) is 0 Å². The van der Waals surface area contributed by atoms with Crippen LogP contribution in [0.4, 0.5) is 0 Å². The maximum atomic E-state index is 3.90. The quantitative estimate of drug-likeness (QED) is 0.379. The number of hydrogen-bond acceptors (Lipinski definition) is 0. The average molecular weight is 351 g/mol. The van der Waals surface area contributed by atoms with Crippen molar-refractivity contribution in [2.45, 2.75) is 62.3 Å². The molecule has 0 aromatic heterocycles. The highest BCUT2D eigenvalue weighted by atomic mass is 14.1. The minimum Gasteiger partial charge on any atom is -0.0958 e. The van der Waals surface area contributed by atoms with Crippen LogP contribution in [-0.2, 0) is 0 Å². The van der Waals surface area contributed by atoms with Crippen molar-refractivity contribution in [1.29, 1.82) is 0 Å². The Morgan fingerprint density at radius 1 is 1.00 bits per heavy atom. The summed E-state index contributed by atoms with van der Waals surface area (Å²) in [6, 6.07) is 8.22. The van der Waals surface area contributed by atoms with Crippen LogP contribution in [0.1, 0.15) is 73.4 Å². The standard InChI is InChI=1S/C15H18.C10H16.CH4/c1-12(2)14-8-6-13(7-9-14)10-11-15(3,4)5;1-6-9(4)7-10(5)8(2)3;/h6-9H,1H2,2-5H3;7H,2,4,6H2,1,3,5H3;1H4/b;10-7-;. The zero-order chi connectivity index (χ0) is 19.6. The Hall–Kier alpha value is -2.26. The van der Waals surface area contributed by atoms with Gasteiger partial charge in [0.2, 0.25) is 0 Å². The molecule has 142 valence electrons. The van der Waals surface area contributed by atoms with Crippen LogP contribution in [0.3, 0.4) is 0 Å². The van der Waals surface area contributed by atoms with Gasteiger partial charge >= 0.3 is 0 Å². The second-order valence-corrected chi connectivity index (χ2v) is 7.48. The Morgan fingerprint density at radius 3 is 1.85 bits per heavy atom. The molecular weight excluding hydrogens is 312 g/mol. The van der Waals surface area contributed by atoms with Gasteiger partial charge in [0.25, 0.3) is 0 Å². The molecule has 0 spiro atoms. The van der Waals surface area contributed by atoms with E-state index >= 15 is 0 Å². The van der Waals surface area contributed by atoms with Gasteiger partial charge in [0.1, 0.15) is 0 Å². The van der Waals surface area contributed by atoms with Crippen molar-refractivity contribution >= 4 is 5.57 Å². The van der Waals surface area contributed by atoms with Gasteiger partial charge in [-0.2, -0.15) is 0 Å². The van der Waals surface area contributed by atoms with Gasteiger partial charge in [-0.1, -0.05) is 80.9 Å².